The predicted molar refractivity (Wildman–Crippen MR) is 91.8 cm³/mol. The van der Waals surface area contributed by atoms with Gasteiger partial charge in [0.2, 0.25) is 5.91 Å². The zero-order valence-corrected chi connectivity index (χ0v) is 14.9. The van der Waals surface area contributed by atoms with Crippen LogP contribution in [0.5, 0.6) is 0 Å². The average Bonchev–Trinajstić information content (AvgIpc) is 3.12. The summed E-state index contributed by atoms with van der Waals surface area (Å²) < 4.78 is 0. The van der Waals surface area contributed by atoms with Crippen LogP contribution in [0.4, 0.5) is 0 Å². The summed E-state index contributed by atoms with van der Waals surface area (Å²) >= 11 is 1.76. The number of carbonyl (C=O) groups excluding carboxylic acids is 1. The van der Waals surface area contributed by atoms with Crippen molar-refractivity contribution in [1.29, 1.82) is 0 Å². The van der Waals surface area contributed by atoms with Gasteiger partial charge in [-0.1, -0.05) is 0 Å². The van der Waals surface area contributed by atoms with E-state index in [1.54, 1.807) is 11.3 Å². The van der Waals surface area contributed by atoms with Crippen LogP contribution >= 0.6 is 11.3 Å². The number of rotatable bonds is 4. The molecule has 23 heavy (non-hydrogen) atoms. The number of thiazole rings is 1. The van der Waals surface area contributed by atoms with E-state index in [0.29, 0.717) is 12.3 Å². The molecule has 1 amide bonds. The van der Waals surface area contributed by atoms with Crippen LogP contribution in [0, 0.1) is 20.8 Å². The highest BCUT2D eigenvalue weighted by Crippen LogP contribution is 2.30. The molecule has 0 saturated carbocycles. The Hall–Kier alpha value is -1.69. The fraction of sp³-hybridized carbons (Fsp3) is 0.588. The first kappa shape index (κ1) is 16.2. The molecule has 1 fully saturated rings. The van der Waals surface area contributed by atoms with Crippen molar-refractivity contribution in [2.45, 2.75) is 52.4 Å². The highest BCUT2D eigenvalue weighted by molar-refractivity contribution is 7.11. The van der Waals surface area contributed by atoms with Gasteiger partial charge < -0.3 is 4.90 Å². The summed E-state index contributed by atoms with van der Waals surface area (Å²) in [5.41, 5.74) is 3.26. The molecule has 0 aromatic carbocycles. The van der Waals surface area contributed by atoms with E-state index in [0.717, 1.165) is 43.7 Å². The van der Waals surface area contributed by atoms with Crippen molar-refractivity contribution in [3.8, 4) is 0 Å². The summed E-state index contributed by atoms with van der Waals surface area (Å²) in [5.74, 6) is 0.659. The van der Waals surface area contributed by atoms with Crippen molar-refractivity contribution < 1.29 is 4.79 Å². The van der Waals surface area contributed by atoms with Gasteiger partial charge in [0.05, 0.1) is 10.7 Å². The Morgan fingerprint density at radius 1 is 1.43 bits per heavy atom. The van der Waals surface area contributed by atoms with Crippen LogP contribution in [0.25, 0.3) is 0 Å². The van der Waals surface area contributed by atoms with Crippen LogP contribution in [0.3, 0.4) is 0 Å². The molecule has 1 atom stereocenters. The Bertz CT molecular complexity index is 671. The molecular formula is C17H24N4OS. The standard InChI is InChI=1S/C17H24N4OS/c1-11-9-18-17(23-11)14-5-4-8-21(10-14)16(22)7-6-15-12(2)19-20-13(15)3/h9,14H,4-8,10H2,1-3H3,(H,19,20). The number of aromatic nitrogens is 3. The number of nitrogens with one attached hydrogen (secondary N) is 1. The van der Waals surface area contributed by atoms with Crippen molar-refractivity contribution in [3.05, 3.63) is 33.0 Å². The Morgan fingerprint density at radius 2 is 2.26 bits per heavy atom. The summed E-state index contributed by atoms with van der Waals surface area (Å²) in [6.45, 7) is 7.78. The van der Waals surface area contributed by atoms with E-state index in [9.17, 15) is 4.79 Å². The Morgan fingerprint density at radius 3 is 2.91 bits per heavy atom. The molecule has 1 unspecified atom stereocenters. The van der Waals surface area contributed by atoms with Gasteiger partial charge in [0.1, 0.15) is 0 Å². The molecule has 1 aliphatic heterocycles. The van der Waals surface area contributed by atoms with E-state index in [2.05, 4.69) is 22.1 Å². The lowest BCUT2D eigenvalue weighted by Crippen LogP contribution is -2.39. The summed E-state index contributed by atoms with van der Waals surface area (Å²) in [4.78, 5) is 20.4. The summed E-state index contributed by atoms with van der Waals surface area (Å²) in [7, 11) is 0. The molecule has 0 bridgehead atoms. The van der Waals surface area contributed by atoms with Crippen molar-refractivity contribution in [1.82, 2.24) is 20.1 Å². The van der Waals surface area contributed by atoms with Crippen LogP contribution in [0.2, 0.25) is 0 Å². The number of nitrogens with zero attached hydrogens (tertiary/aromatic N) is 3. The number of aryl methyl sites for hydroxylation is 3. The maximum Gasteiger partial charge on any atom is 0.222 e. The second-order valence-electron chi connectivity index (χ2n) is 6.40. The molecule has 1 aliphatic rings. The van der Waals surface area contributed by atoms with Crippen LogP contribution in [-0.4, -0.2) is 39.1 Å². The van der Waals surface area contributed by atoms with Gasteiger partial charge in [0.15, 0.2) is 0 Å². The van der Waals surface area contributed by atoms with Gasteiger partial charge in [-0.05, 0) is 45.6 Å². The monoisotopic (exact) mass is 332 g/mol. The molecule has 2 aromatic heterocycles. The Balaban J connectivity index is 1.59. The molecule has 5 nitrogen and oxygen atoms in total. The fourth-order valence-electron chi connectivity index (χ4n) is 3.30. The van der Waals surface area contributed by atoms with E-state index in [1.165, 1.54) is 15.4 Å². The number of piperidine rings is 1. The molecule has 0 radical (unpaired) electrons. The number of hydrogen-bond donors (Lipinski definition) is 1. The maximum absolute atomic E-state index is 12.6. The summed E-state index contributed by atoms with van der Waals surface area (Å²) in [5, 5.41) is 8.38. The highest BCUT2D eigenvalue weighted by atomic mass is 32.1. The molecule has 6 heteroatoms. The zero-order chi connectivity index (χ0) is 16.4. The molecule has 1 N–H and O–H groups in total. The lowest BCUT2D eigenvalue weighted by Gasteiger charge is -2.32. The number of hydrogen-bond acceptors (Lipinski definition) is 4. The molecule has 0 aliphatic carbocycles. The Kier molecular flexibility index (Phi) is 4.80. The molecule has 0 spiro atoms. The minimum atomic E-state index is 0.253. The number of carbonyl (C=O) groups is 1. The quantitative estimate of drug-likeness (QED) is 0.935. The predicted octanol–water partition coefficient (Wildman–Crippen LogP) is 3.13. The lowest BCUT2D eigenvalue weighted by molar-refractivity contribution is -0.132. The zero-order valence-electron chi connectivity index (χ0n) is 14.1. The van der Waals surface area contributed by atoms with Gasteiger partial charge >= 0.3 is 0 Å². The maximum atomic E-state index is 12.6. The smallest absolute Gasteiger partial charge is 0.222 e. The SMILES string of the molecule is Cc1cnc(C2CCCN(C(=O)CCc3c(C)n[nH]c3C)C2)s1. The second kappa shape index (κ2) is 6.83. The molecule has 124 valence electrons. The van der Waals surface area contributed by atoms with Gasteiger partial charge in [-0.2, -0.15) is 5.10 Å². The topological polar surface area (TPSA) is 61.9 Å². The second-order valence-corrected chi connectivity index (χ2v) is 7.67. The largest absolute Gasteiger partial charge is 0.342 e. The molecule has 3 rings (SSSR count). The fourth-order valence-corrected chi connectivity index (χ4v) is 4.20. The highest BCUT2D eigenvalue weighted by Gasteiger charge is 2.26. The van der Waals surface area contributed by atoms with Crippen LogP contribution < -0.4 is 0 Å². The molecule has 3 heterocycles. The van der Waals surface area contributed by atoms with Gasteiger partial charge in [-0.25, -0.2) is 4.98 Å². The molecular weight excluding hydrogens is 308 g/mol. The van der Waals surface area contributed by atoms with E-state index in [4.69, 9.17) is 0 Å². The van der Waals surface area contributed by atoms with E-state index in [1.807, 2.05) is 24.9 Å². The lowest BCUT2D eigenvalue weighted by atomic mass is 9.98. The number of aromatic amines is 1. The third-order valence-electron chi connectivity index (χ3n) is 4.63. The summed E-state index contributed by atoms with van der Waals surface area (Å²) in [6.07, 6.45) is 5.47. The number of H-pyrrole nitrogens is 1. The van der Waals surface area contributed by atoms with Crippen LogP contribution in [0.1, 0.15) is 52.0 Å². The van der Waals surface area contributed by atoms with Gasteiger partial charge in [-0.15, -0.1) is 11.3 Å². The van der Waals surface area contributed by atoms with Crippen molar-refractivity contribution in [2.24, 2.45) is 0 Å². The van der Waals surface area contributed by atoms with Gasteiger partial charge in [0, 0.05) is 42.2 Å². The van der Waals surface area contributed by atoms with E-state index >= 15 is 0 Å². The van der Waals surface area contributed by atoms with Gasteiger partial charge in [-0.3, -0.25) is 9.89 Å². The van der Waals surface area contributed by atoms with Crippen molar-refractivity contribution in [2.75, 3.05) is 13.1 Å². The normalized spacial score (nSPS) is 18.4. The number of likely N-dealkylation sites (tertiary alicyclic amines) is 1. The first-order valence-electron chi connectivity index (χ1n) is 8.25. The van der Waals surface area contributed by atoms with Crippen molar-refractivity contribution >= 4 is 17.2 Å². The first-order valence-corrected chi connectivity index (χ1v) is 9.06. The van der Waals surface area contributed by atoms with Crippen LogP contribution in [-0.2, 0) is 11.2 Å². The van der Waals surface area contributed by atoms with E-state index < -0.39 is 0 Å². The first-order chi connectivity index (χ1) is 11.0. The third-order valence-corrected chi connectivity index (χ3v) is 5.71. The van der Waals surface area contributed by atoms with E-state index in [-0.39, 0.29) is 5.91 Å². The Labute approximate surface area is 141 Å². The molecule has 2 aromatic rings. The van der Waals surface area contributed by atoms with Crippen molar-refractivity contribution in [3.63, 3.8) is 0 Å². The summed E-state index contributed by atoms with van der Waals surface area (Å²) in [6, 6.07) is 0. The van der Waals surface area contributed by atoms with Crippen LogP contribution in [0.15, 0.2) is 6.20 Å². The minimum Gasteiger partial charge on any atom is -0.342 e. The number of amides is 1. The van der Waals surface area contributed by atoms with Gasteiger partial charge in [0.25, 0.3) is 0 Å². The minimum absolute atomic E-state index is 0.253. The molecule has 1 saturated heterocycles. The third kappa shape index (κ3) is 3.63. The average molecular weight is 332 g/mol.